The molecule has 0 aliphatic carbocycles. The quantitative estimate of drug-likeness (QED) is 0.750. The number of hydrogen-bond donors (Lipinski definition) is 2. The third-order valence-electron chi connectivity index (χ3n) is 3.08. The number of rotatable bonds is 4. The molecule has 3 aromatic rings. The van der Waals surface area contributed by atoms with E-state index in [0.29, 0.717) is 23.0 Å². The lowest BCUT2D eigenvalue weighted by Gasteiger charge is -2.11. The molecule has 0 fully saturated rings. The zero-order chi connectivity index (χ0) is 15.5. The number of aromatic nitrogens is 4. The second kappa shape index (κ2) is 5.68. The molecule has 8 heteroatoms. The summed E-state index contributed by atoms with van der Waals surface area (Å²) in [6, 6.07) is 3.61. The van der Waals surface area contributed by atoms with Crippen molar-refractivity contribution < 1.29 is 9.47 Å². The highest BCUT2D eigenvalue weighted by Crippen LogP contribution is 2.34. The molecule has 3 N–H and O–H groups in total. The molecule has 0 saturated heterocycles. The smallest absolute Gasteiger partial charge is 0.220 e. The molecule has 0 aliphatic heterocycles. The fourth-order valence-electron chi connectivity index (χ4n) is 2.02. The van der Waals surface area contributed by atoms with Crippen molar-refractivity contribution >= 4 is 28.4 Å². The zero-order valence-corrected chi connectivity index (χ0v) is 12.1. The van der Waals surface area contributed by atoms with Gasteiger partial charge in [-0.3, -0.25) is 0 Å². The van der Waals surface area contributed by atoms with E-state index in [0.717, 1.165) is 10.9 Å². The van der Waals surface area contributed by atoms with Gasteiger partial charge < -0.3 is 20.5 Å². The van der Waals surface area contributed by atoms with Gasteiger partial charge in [0.2, 0.25) is 5.95 Å². The first-order valence-corrected chi connectivity index (χ1v) is 6.42. The molecule has 0 unspecified atom stereocenters. The summed E-state index contributed by atoms with van der Waals surface area (Å²) in [5, 5.41) is 3.92. The summed E-state index contributed by atoms with van der Waals surface area (Å²) in [5.41, 5.74) is 6.87. The van der Waals surface area contributed by atoms with Gasteiger partial charge in [-0.1, -0.05) is 0 Å². The van der Waals surface area contributed by atoms with Crippen LogP contribution < -0.4 is 20.5 Å². The van der Waals surface area contributed by atoms with Crippen LogP contribution in [0.4, 0.5) is 17.5 Å². The zero-order valence-electron chi connectivity index (χ0n) is 12.1. The van der Waals surface area contributed by atoms with Crippen molar-refractivity contribution in [2.75, 3.05) is 25.3 Å². The van der Waals surface area contributed by atoms with Gasteiger partial charge in [0.25, 0.3) is 0 Å². The van der Waals surface area contributed by atoms with E-state index in [-0.39, 0.29) is 5.95 Å². The summed E-state index contributed by atoms with van der Waals surface area (Å²) in [6.07, 6.45) is 4.63. The first-order valence-electron chi connectivity index (χ1n) is 6.42. The Morgan fingerprint density at radius 1 is 0.955 bits per heavy atom. The number of nitrogens with zero attached hydrogens (tertiary/aromatic N) is 4. The van der Waals surface area contributed by atoms with Gasteiger partial charge in [-0.25, -0.2) is 19.9 Å². The van der Waals surface area contributed by atoms with E-state index < -0.39 is 0 Å². The second-order valence-electron chi connectivity index (χ2n) is 4.40. The summed E-state index contributed by atoms with van der Waals surface area (Å²) in [6.45, 7) is 0. The number of anilines is 3. The molecule has 0 atom stereocenters. The van der Waals surface area contributed by atoms with E-state index in [1.54, 1.807) is 32.7 Å². The Morgan fingerprint density at radius 2 is 1.64 bits per heavy atom. The summed E-state index contributed by atoms with van der Waals surface area (Å²) < 4.78 is 10.6. The largest absolute Gasteiger partial charge is 0.493 e. The van der Waals surface area contributed by atoms with Crippen LogP contribution in [-0.2, 0) is 0 Å². The normalized spacial score (nSPS) is 10.5. The highest BCUT2D eigenvalue weighted by atomic mass is 16.5. The standard InChI is InChI=1S/C14H14N6O2/c1-21-11-3-9-10(4-12(11)22-2)18-7-19-13(9)20-8-5-16-14(15)17-6-8/h3-7H,1-2H3,(H2,15,16,17)(H,18,19,20). The van der Waals surface area contributed by atoms with E-state index in [1.165, 1.54) is 6.33 Å². The van der Waals surface area contributed by atoms with Crippen LogP contribution in [0.5, 0.6) is 11.5 Å². The molecule has 0 saturated carbocycles. The Labute approximate surface area is 126 Å². The van der Waals surface area contributed by atoms with Gasteiger partial charge in [0.15, 0.2) is 11.5 Å². The lowest BCUT2D eigenvalue weighted by atomic mass is 10.2. The molecule has 3 rings (SSSR count). The summed E-state index contributed by atoms with van der Waals surface area (Å²) >= 11 is 0. The van der Waals surface area contributed by atoms with E-state index >= 15 is 0 Å². The molecule has 112 valence electrons. The van der Waals surface area contributed by atoms with Crippen LogP contribution in [0.15, 0.2) is 30.9 Å². The van der Waals surface area contributed by atoms with Crippen LogP contribution in [0.25, 0.3) is 10.9 Å². The summed E-state index contributed by atoms with van der Waals surface area (Å²) in [7, 11) is 3.16. The van der Waals surface area contributed by atoms with Crippen LogP contribution in [0.2, 0.25) is 0 Å². The number of fused-ring (bicyclic) bond motifs is 1. The van der Waals surface area contributed by atoms with Crippen LogP contribution in [-0.4, -0.2) is 34.2 Å². The van der Waals surface area contributed by atoms with Crippen molar-refractivity contribution in [1.82, 2.24) is 19.9 Å². The Morgan fingerprint density at radius 3 is 2.32 bits per heavy atom. The average Bonchev–Trinajstić information content (AvgIpc) is 2.56. The lowest BCUT2D eigenvalue weighted by molar-refractivity contribution is 0.356. The van der Waals surface area contributed by atoms with E-state index in [4.69, 9.17) is 15.2 Å². The monoisotopic (exact) mass is 298 g/mol. The summed E-state index contributed by atoms with van der Waals surface area (Å²) in [5.74, 6) is 2.03. The maximum Gasteiger partial charge on any atom is 0.220 e. The summed E-state index contributed by atoms with van der Waals surface area (Å²) in [4.78, 5) is 16.4. The molecule has 0 bridgehead atoms. The number of benzene rings is 1. The molecule has 2 aromatic heterocycles. The van der Waals surface area contributed by atoms with Gasteiger partial charge in [0.05, 0.1) is 37.8 Å². The minimum absolute atomic E-state index is 0.213. The van der Waals surface area contributed by atoms with Crippen LogP contribution in [0.3, 0.4) is 0 Å². The van der Waals surface area contributed by atoms with Crippen molar-refractivity contribution in [1.29, 1.82) is 0 Å². The van der Waals surface area contributed by atoms with Gasteiger partial charge >= 0.3 is 0 Å². The van der Waals surface area contributed by atoms with E-state index in [2.05, 4.69) is 25.3 Å². The predicted molar refractivity (Wildman–Crippen MR) is 82.4 cm³/mol. The molecular weight excluding hydrogens is 284 g/mol. The number of nitrogens with two attached hydrogens (primary N) is 1. The van der Waals surface area contributed by atoms with Crippen molar-refractivity contribution in [2.24, 2.45) is 0 Å². The van der Waals surface area contributed by atoms with Gasteiger partial charge in [-0.15, -0.1) is 0 Å². The average molecular weight is 298 g/mol. The van der Waals surface area contributed by atoms with Gasteiger partial charge in [-0.05, 0) is 6.07 Å². The SMILES string of the molecule is COc1cc2ncnc(Nc3cnc(N)nc3)c2cc1OC. The number of hydrogen-bond acceptors (Lipinski definition) is 8. The number of methoxy groups -OCH3 is 2. The van der Waals surface area contributed by atoms with Gasteiger partial charge in [0, 0.05) is 11.5 Å². The molecule has 0 aliphatic rings. The second-order valence-corrected chi connectivity index (χ2v) is 4.40. The fourth-order valence-corrected chi connectivity index (χ4v) is 2.02. The Kier molecular flexibility index (Phi) is 3.57. The molecule has 1 aromatic carbocycles. The van der Waals surface area contributed by atoms with Crippen molar-refractivity contribution in [3.63, 3.8) is 0 Å². The minimum Gasteiger partial charge on any atom is -0.493 e. The topological polar surface area (TPSA) is 108 Å². The maximum absolute atomic E-state index is 5.47. The lowest BCUT2D eigenvalue weighted by Crippen LogP contribution is -2.00. The van der Waals surface area contributed by atoms with Crippen molar-refractivity contribution in [2.45, 2.75) is 0 Å². The highest BCUT2D eigenvalue weighted by Gasteiger charge is 2.11. The Bertz CT molecular complexity index is 806. The highest BCUT2D eigenvalue weighted by molar-refractivity contribution is 5.92. The van der Waals surface area contributed by atoms with Crippen LogP contribution >= 0.6 is 0 Å². The molecule has 0 radical (unpaired) electrons. The Balaban J connectivity index is 2.07. The van der Waals surface area contributed by atoms with E-state index in [1.807, 2.05) is 6.07 Å². The third-order valence-corrected chi connectivity index (χ3v) is 3.08. The van der Waals surface area contributed by atoms with Gasteiger partial charge in [-0.2, -0.15) is 0 Å². The number of nitrogens with one attached hydrogen (secondary N) is 1. The minimum atomic E-state index is 0.213. The first kappa shape index (κ1) is 13.8. The Hall–Kier alpha value is -3.16. The first-order chi connectivity index (χ1) is 10.7. The molecule has 8 nitrogen and oxygen atoms in total. The molecule has 0 amide bonds. The van der Waals surface area contributed by atoms with E-state index in [9.17, 15) is 0 Å². The van der Waals surface area contributed by atoms with Gasteiger partial charge in [0.1, 0.15) is 12.1 Å². The predicted octanol–water partition coefficient (Wildman–Crippen LogP) is 1.76. The van der Waals surface area contributed by atoms with Crippen molar-refractivity contribution in [3.05, 3.63) is 30.9 Å². The van der Waals surface area contributed by atoms with Crippen LogP contribution in [0.1, 0.15) is 0 Å². The third kappa shape index (κ3) is 2.53. The molecular formula is C14H14N6O2. The van der Waals surface area contributed by atoms with Crippen LogP contribution in [0, 0.1) is 0 Å². The molecule has 2 heterocycles. The molecule has 0 spiro atoms. The number of nitrogen functional groups attached to an aromatic ring is 1. The molecule has 22 heavy (non-hydrogen) atoms. The number of ether oxygens (including phenoxy) is 2. The maximum atomic E-state index is 5.47. The van der Waals surface area contributed by atoms with Crippen molar-refractivity contribution in [3.8, 4) is 11.5 Å². The fraction of sp³-hybridized carbons (Fsp3) is 0.143.